The summed E-state index contributed by atoms with van der Waals surface area (Å²) >= 11 is 0. The van der Waals surface area contributed by atoms with Crippen molar-refractivity contribution in [2.45, 2.75) is 45.6 Å². The van der Waals surface area contributed by atoms with E-state index in [9.17, 15) is 9.59 Å². The Morgan fingerprint density at radius 2 is 2.15 bits per heavy atom. The van der Waals surface area contributed by atoms with E-state index in [1.165, 1.54) is 4.90 Å². The predicted molar refractivity (Wildman–Crippen MR) is 71.1 cm³/mol. The highest BCUT2D eigenvalue weighted by molar-refractivity contribution is 5.93. The van der Waals surface area contributed by atoms with Crippen molar-refractivity contribution in [3.05, 3.63) is 11.6 Å². The van der Waals surface area contributed by atoms with Gasteiger partial charge in [-0.3, -0.25) is 14.7 Å². The fourth-order valence-corrected chi connectivity index (χ4v) is 1.97. The molecule has 1 heterocycles. The first-order chi connectivity index (χ1) is 9.65. The van der Waals surface area contributed by atoms with Crippen LogP contribution in [0.25, 0.3) is 0 Å². The number of rotatable bonds is 7. The lowest BCUT2D eigenvalue weighted by molar-refractivity contribution is -0.144. The van der Waals surface area contributed by atoms with Gasteiger partial charge in [0.25, 0.3) is 5.91 Å². The first-order valence-electron chi connectivity index (χ1n) is 7.03. The summed E-state index contributed by atoms with van der Waals surface area (Å²) in [5, 5.41) is 6.70. The Morgan fingerprint density at radius 3 is 2.75 bits per heavy atom. The second-order valence-corrected chi connectivity index (χ2v) is 4.82. The summed E-state index contributed by atoms with van der Waals surface area (Å²) in [6, 6.07) is 0.111. The molecule has 0 radical (unpaired) electrons. The highest BCUT2D eigenvalue weighted by atomic mass is 16.5. The summed E-state index contributed by atoms with van der Waals surface area (Å²) in [4.78, 5) is 29.6. The Morgan fingerprint density at radius 1 is 1.40 bits per heavy atom. The Hall–Kier alpha value is -1.92. The number of amides is 1. The minimum absolute atomic E-state index is 0.0327. The van der Waals surface area contributed by atoms with E-state index in [1.54, 1.807) is 6.92 Å². The zero-order valence-electron chi connectivity index (χ0n) is 11.9. The van der Waals surface area contributed by atoms with Gasteiger partial charge in [-0.2, -0.15) is 0 Å². The average molecular weight is 280 g/mol. The van der Waals surface area contributed by atoms with Gasteiger partial charge in [-0.05, 0) is 26.2 Å². The minimum atomic E-state index is -0.392. The van der Waals surface area contributed by atoms with E-state index in [0.29, 0.717) is 12.4 Å². The third-order valence-electron chi connectivity index (χ3n) is 3.06. The van der Waals surface area contributed by atoms with Crippen LogP contribution in [-0.2, 0) is 16.0 Å². The molecular formula is C13H20N4O3. The lowest BCUT2D eigenvalue weighted by Gasteiger charge is -2.19. The number of aromatic nitrogens is 3. The lowest BCUT2D eigenvalue weighted by atomic mass is 10.3. The third kappa shape index (κ3) is 3.55. The van der Waals surface area contributed by atoms with Gasteiger partial charge in [0.15, 0.2) is 0 Å². The van der Waals surface area contributed by atoms with Crippen LogP contribution >= 0.6 is 0 Å². The summed E-state index contributed by atoms with van der Waals surface area (Å²) in [5.41, 5.74) is 0. The molecule has 1 saturated carbocycles. The number of carbonyl (C=O) groups excluding carboxylic acids is 2. The van der Waals surface area contributed by atoms with E-state index >= 15 is 0 Å². The van der Waals surface area contributed by atoms with E-state index in [-0.39, 0.29) is 24.3 Å². The number of nitrogens with one attached hydrogen (secondary N) is 1. The molecule has 2 rings (SSSR count). The highest BCUT2D eigenvalue weighted by Crippen LogP contribution is 2.27. The molecular weight excluding hydrogens is 260 g/mol. The van der Waals surface area contributed by atoms with Crippen molar-refractivity contribution >= 4 is 11.9 Å². The van der Waals surface area contributed by atoms with E-state index in [2.05, 4.69) is 15.2 Å². The molecule has 0 aliphatic heterocycles. The van der Waals surface area contributed by atoms with E-state index in [0.717, 1.165) is 25.7 Å². The predicted octanol–water partition coefficient (Wildman–Crippen LogP) is 0.925. The summed E-state index contributed by atoms with van der Waals surface area (Å²) in [6.45, 7) is 4.05. The number of hydrogen-bond donors (Lipinski definition) is 1. The quantitative estimate of drug-likeness (QED) is 0.750. The van der Waals surface area contributed by atoms with Crippen LogP contribution in [-0.4, -0.2) is 51.2 Å². The Labute approximate surface area is 117 Å². The van der Waals surface area contributed by atoms with Crippen molar-refractivity contribution < 1.29 is 14.3 Å². The van der Waals surface area contributed by atoms with Gasteiger partial charge in [0.1, 0.15) is 12.4 Å². The zero-order valence-corrected chi connectivity index (χ0v) is 11.9. The summed E-state index contributed by atoms with van der Waals surface area (Å²) in [5.74, 6) is 0.128. The molecule has 1 aromatic rings. The van der Waals surface area contributed by atoms with Crippen LogP contribution in [0.2, 0.25) is 0 Å². The number of aryl methyl sites for hydroxylation is 1. The van der Waals surface area contributed by atoms with Crippen molar-refractivity contribution in [1.29, 1.82) is 0 Å². The molecule has 0 atom stereocenters. The van der Waals surface area contributed by atoms with Crippen LogP contribution in [0.15, 0.2) is 0 Å². The summed E-state index contributed by atoms with van der Waals surface area (Å²) < 4.78 is 4.90. The number of H-pyrrole nitrogens is 1. The van der Waals surface area contributed by atoms with Crippen molar-refractivity contribution in [1.82, 2.24) is 20.1 Å². The molecule has 1 aromatic heterocycles. The number of carbonyl (C=O) groups is 2. The van der Waals surface area contributed by atoms with Crippen LogP contribution in [0.4, 0.5) is 0 Å². The molecule has 1 fully saturated rings. The first kappa shape index (κ1) is 14.5. The monoisotopic (exact) mass is 280 g/mol. The van der Waals surface area contributed by atoms with E-state index in [1.807, 2.05) is 6.92 Å². The molecule has 110 valence electrons. The van der Waals surface area contributed by atoms with Gasteiger partial charge in [-0.1, -0.05) is 6.92 Å². The first-order valence-corrected chi connectivity index (χ1v) is 7.03. The molecule has 1 amide bonds. The Kier molecular flexibility index (Phi) is 4.70. The van der Waals surface area contributed by atoms with Crippen LogP contribution in [0.1, 0.15) is 49.6 Å². The number of ether oxygens (including phenoxy) is 1. The SMILES string of the molecule is CCCc1nc(C(=O)N(CC(=O)OCC)C2CC2)n[nH]1. The molecule has 0 saturated heterocycles. The molecule has 7 nitrogen and oxygen atoms in total. The van der Waals surface area contributed by atoms with Crippen LogP contribution in [0, 0.1) is 0 Å². The smallest absolute Gasteiger partial charge is 0.325 e. The van der Waals surface area contributed by atoms with Gasteiger partial charge < -0.3 is 9.64 Å². The standard InChI is InChI=1S/C13H20N4O3/c1-3-5-10-14-12(16-15-10)13(19)17(9-6-7-9)8-11(18)20-4-2/h9H,3-8H2,1-2H3,(H,14,15,16). The molecule has 0 unspecified atom stereocenters. The van der Waals surface area contributed by atoms with Gasteiger partial charge in [-0.15, -0.1) is 5.10 Å². The average Bonchev–Trinajstić information content (AvgIpc) is 3.15. The van der Waals surface area contributed by atoms with Crippen molar-refractivity contribution in [3.63, 3.8) is 0 Å². The van der Waals surface area contributed by atoms with Crippen molar-refractivity contribution in [2.75, 3.05) is 13.2 Å². The maximum Gasteiger partial charge on any atom is 0.325 e. The van der Waals surface area contributed by atoms with Gasteiger partial charge in [0, 0.05) is 12.5 Å². The molecule has 1 N–H and O–H groups in total. The summed E-state index contributed by atoms with van der Waals surface area (Å²) in [6.07, 6.45) is 3.51. The minimum Gasteiger partial charge on any atom is -0.465 e. The second-order valence-electron chi connectivity index (χ2n) is 4.82. The van der Waals surface area contributed by atoms with Crippen LogP contribution < -0.4 is 0 Å². The summed E-state index contributed by atoms with van der Waals surface area (Å²) in [7, 11) is 0. The molecule has 1 aliphatic carbocycles. The Balaban J connectivity index is 2.04. The normalized spacial score (nSPS) is 14.1. The van der Waals surface area contributed by atoms with E-state index < -0.39 is 5.97 Å². The number of esters is 1. The molecule has 1 aliphatic rings. The van der Waals surface area contributed by atoms with Crippen LogP contribution in [0.3, 0.4) is 0 Å². The van der Waals surface area contributed by atoms with Gasteiger partial charge in [0.2, 0.25) is 5.82 Å². The third-order valence-corrected chi connectivity index (χ3v) is 3.06. The van der Waals surface area contributed by atoms with Crippen molar-refractivity contribution in [2.24, 2.45) is 0 Å². The fraction of sp³-hybridized carbons (Fsp3) is 0.692. The highest BCUT2D eigenvalue weighted by Gasteiger charge is 2.36. The van der Waals surface area contributed by atoms with Gasteiger partial charge in [-0.25, -0.2) is 4.98 Å². The fourth-order valence-electron chi connectivity index (χ4n) is 1.97. The number of hydrogen-bond acceptors (Lipinski definition) is 5. The lowest BCUT2D eigenvalue weighted by Crippen LogP contribution is -2.38. The topological polar surface area (TPSA) is 88.2 Å². The largest absolute Gasteiger partial charge is 0.465 e. The molecule has 0 aromatic carbocycles. The Bertz CT molecular complexity index is 482. The molecule has 7 heteroatoms. The molecule has 0 bridgehead atoms. The van der Waals surface area contributed by atoms with E-state index in [4.69, 9.17) is 4.74 Å². The molecule has 0 spiro atoms. The van der Waals surface area contributed by atoms with Gasteiger partial charge in [0.05, 0.1) is 6.61 Å². The maximum absolute atomic E-state index is 12.4. The zero-order chi connectivity index (χ0) is 14.5. The van der Waals surface area contributed by atoms with Crippen molar-refractivity contribution in [3.8, 4) is 0 Å². The van der Waals surface area contributed by atoms with Gasteiger partial charge >= 0.3 is 5.97 Å². The molecule has 20 heavy (non-hydrogen) atoms. The van der Waals surface area contributed by atoms with Crippen LogP contribution in [0.5, 0.6) is 0 Å². The maximum atomic E-state index is 12.4. The number of aromatic amines is 1. The number of nitrogens with zero attached hydrogens (tertiary/aromatic N) is 3. The second kappa shape index (κ2) is 6.49.